The first kappa shape index (κ1) is 14.1. The van der Waals surface area contributed by atoms with Crippen LogP contribution < -0.4 is 5.73 Å². The third kappa shape index (κ3) is 3.80. The maximum absolute atomic E-state index is 12.6. The summed E-state index contributed by atoms with van der Waals surface area (Å²) in [6.07, 6.45) is -1.65. The van der Waals surface area contributed by atoms with Crippen molar-refractivity contribution in [2.45, 2.75) is 12.6 Å². The van der Waals surface area contributed by atoms with Gasteiger partial charge in [-0.15, -0.1) is 0 Å². The van der Waals surface area contributed by atoms with Gasteiger partial charge in [-0.1, -0.05) is 18.2 Å². The summed E-state index contributed by atoms with van der Waals surface area (Å²) in [5, 5.41) is 0. The molecule has 18 heavy (non-hydrogen) atoms. The van der Waals surface area contributed by atoms with E-state index in [0.717, 1.165) is 6.07 Å². The van der Waals surface area contributed by atoms with Gasteiger partial charge in [0.25, 0.3) is 0 Å². The predicted octanol–water partition coefficient (Wildman–Crippen LogP) is 2.86. The van der Waals surface area contributed by atoms with Crippen molar-refractivity contribution in [3.63, 3.8) is 0 Å². The summed E-state index contributed by atoms with van der Waals surface area (Å²) in [6, 6.07) is 3.56. The fourth-order valence-corrected chi connectivity index (χ4v) is 1.30. The zero-order valence-electron chi connectivity index (χ0n) is 9.62. The van der Waals surface area contributed by atoms with E-state index in [1.165, 1.54) is 31.4 Å². The topological polar surface area (TPSA) is 52.3 Å². The number of carbonyl (C=O) groups is 1. The Bertz CT molecular complexity index is 467. The predicted molar refractivity (Wildman–Crippen MR) is 61.5 cm³/mol. The van der Waals surface area contributed by atoms with Crippen molar-refractivity contribution in [3.05, 3.63) is 35.4 Å². The molecule has 0 aliphatic rings. The highest BCUT2D eigenvalue weighted by Gasteiger charge is 2.32. The molecule has 0 saturated heterocycles. The van der Waals surface area contributed by atoms with E-state index in [0.29, 0.717) is 5.56 Å². The maximum atomic E-state index is 12.6. The molecule has 0 radical (unpaired) electrons. The minimum Gasteiger partial charge on any atom is -0.469 e. The maximum Gasteiger partial charge on any atom is 0.418 e. The van der Waals surface area contributed by atoms with Crippen LogP contribution in [0, 0.1) is 0 Å². The Balaban J connectivity index is 2.89. The van der Waals surface area contributed by atoms with Crippen molar-refractivity contribution in [1.29, 1.82) is 0 Å². The average molecular weight is 259 g/mol. The molecule has 0 amide bonds. The smallest absolute Gasteiger partial charge is 0.418 e. The number of esters is 1. The van der Waals surface area contributed by atoms with Gasteiger partial charge in [0, 0.05) is 5.69 Å². The number of hydrogen-bond acceptors (Lipinski definition) is 3. The number of rotatable bonds is 3. The Morgan fingerprint density at radius 2 is 2.11 bits per heavy atom. The van der Waals surface area contributed by atoms with E-state index < -0.39 is 17.7 Å². The highest BCUT2D eigenvalue weighted by molar-refractivity contribution is 5.72. The first-order valence-electron chi connectivity index (χ1n) is 5.04. The molecule has 0 atom stereocenters. The number of nitrogen functional groups attached to an aromatic ring is 1. The van der Waals surface area contributed by atoms with E-state index in [-0.39, 0.29) is 12.1 Å². The van der Waals surface area contributed by atoms with Gasteiger partial charge in [0.1, 0.15) is 0 Å². The third-order valence-corrected chi connectivity index (χ3v) is 2.21. The molecule has 0 fully saturated rings. The van der Waals surface area contributed by atoms with Gasteiger partial charge in [-0.25, -0.2) is 0 Å². The van der Waals surface area contributed by atoms with E-state index in [1.54, 1.807) is 0 Å². The number of hydrogen-bond donors (Lipinski definition) is 1. The van der Waals surface area contributed by atoms with E-state index in [1.807, 2.05) is 0 Å². The summed E-state index contributed by atoms with van der Waals surface area (Å²) >= 11 is 0. The molecule has 0 spiro atoms. The normalized spacial score (nSPS) is 11.8. The molecular formula is C12H12F3NO2. The molecule has 0 heterocycles. The number of anilines is 1. The Kier molecular flexibility index (Phi) is 4.36. The summed E-state index contributed by atoms with van der Waals surface area (Å²) in [5.41, 5.74) is 4.36. The Labute approximate surface area is 102 Å². The minimum atomic E-state index is -4.49. The zero-order valence-corrected chi connectivity index (χ0v) is 9.62. The quantitative estimate of drug-likeness (QED) is 0.670. The first-order valence-corrected chi connectivity index (χ1v) is 5.04. The number of benzene rings is 1. The van der Waals surface area contributed by atoms with E-state index in [4.69, 9.17) is 5.73 Å². The summed E-state index contributed by atoms with van der Waals surface area (Å²) < 4.78 is 42.1. The van der Waals surface area contributed by atoms with Crippen molar-refractivity contribution in [2.75, 3.05) is 12.8 Å². The van der Waals surface area contributed by atoms with Gasteiger partial charge in [-0.2, -0.15) is 13.2 Å². The van der Waals surface area contributed by atoms with Gasteiger partial charge >= 0.3 is 12.1 Å². The number of methoxy groups -OCH3 is 1. The minimum absolute atomic E-state index is 0.00221. The molecule has 0 unspecified atom stereocenters. The summed E-state index contributed by atoms with van der Waals surface area (Å²) in [4.78, 5) is 10.8. The second-order valence-corrected chi connectivity index (χ2v) is 3.53. The molecule has 1 rings (SSSR count). The molecule has 0 aliphatic heterocycles. The van der Waals surface area contributed by atoms with Gasteiger partial charge in [0.2, 0.25) is 0 Å². The number of nitrogens with two attached hydrogens (primary N) is 1. The Morgan fingerprint density at radius 3 is 2.67 bits per heavy atom. The van der Waals surface area contributed by atoms with Crippen molar-refractivity contribution in [2.24, 2.45) is 0 Å². The summed E-state index contributed by atoms with van der Waals surface area (Å²) in [7, 11) is 1.24. The van der Waals surface area contributed by atoms with Gasteiger partial charge in [-0.05, 0) is 17.7 Å². The monoisotopic (exact) mass is 259 g/mol. The van der Waals surface area contributed by atoms with Crippen molar-refractivity contribution >= 4 is 17.7 Å². The van der Waals surface area contributed by atoms with E-state index in [9.17, 15) is 18.0 Å². The van der Waals surface area contributed by atoms with Gasteiger partial charge in [0.15, 0.2) is 0 Å². The largest absolute Gasteiger partial charge is 0.469 e. The average Bonchev–Trinajstić information content (AvgIpc) is 2.29. The molecule has 1 aromatic rings. The van der Waals surface area contributed by atoms with Crippen molar-refractivity contribution in [1.82, 2.24) is 0 Å². The molecule has 2 N–H and O–H groups in total. The molecular weight excluding hydrogens is 247 g/mol. The van der Waals surface area contributed by atoms with Crippen LogP contribution in [0.2, 0.25) is 0 Å². The van der Waals surface area contributed by atoms with Crippen molar-refractivity contribution in [3.8, 4) is 0 Å². The van der Waals surface area contributed by atoms with Crippen LogP contribution in [-0.4, -0.2) is 13.1 Å². The van der Waals surface area contributed by atoms with Crippen molar-refractivity contribution < 1.29 is 22.7 Å². The first-order chi connectivity index (χ1) is 8.34. The molecule has 0 bridgehead atoms. The lowest BCUT2D eigenvalue weighted by molar-refractivity contribution is -0.139. The van der Waals surface area contributed by atoms with Crippen LogP contribution >= 0.6 is 0 Å². The van der Waals surface area contributed by atoms with Crippen LogP contribution in [0.5, 0.6) is 0 Å². The summed E-state index contributed by atoms with van der Waals surface area (Å²) in [5.74, 6) is -0.460. The van der Waals surface area contributed by atoms with E-state index in [2.05, 4.69) is 4.74 Å². The lowest BCUT2D eigenvalue weighted by Crippen LogP contribution is -2.08. The molecule has 0 saturated carbocycles. The fourth-order valence-electron chi connectivity index (χ4n) is 1.30. The van der Waals surface area contributed by atoms with Gasteiger partial charge < -0.3 is 10.5 Å². The lowest BCUT2D eigenvalue weighted by Gasteiger charge is -2.10. The second-order valence-electron chi connectivity index (χ2n) is 3.53. The van der Waals surface area contributed by atoms with Gasteiger partial charge in [0.05, 0.1) is 19.1 Å². The highest BCUT2D eigenvalue weighted by Crippen LogP contribution is 2.34. The Hall–Kier alpha value is -1.98. The van der Waals surface area contributed by atoms with Crippen LogP contribution in [-0.2, 0) is 15.7 Å². The number of carbonyl (C=O) groups excluding carboxylic acids is 1. The number of alkyl halides is 3. The molecule has 6 heteroatoms. The van der Waals surface area contributed by atoms with E-state index >= 15 is 0 Å². The molecule has 0 aromatic heterocycles. The fraction of sp³-hybridized carbons (Fsp3) is 0.250. The molecule has 3 nitrogen and oxygen atoms in total. The molecule has 1 aromatic carbocycles. The highest BCUT2D eigenvalue weighted by atomic mass is 19.4. The van der Waals surface area contributed by atoms with Crippen LogP contribution in [0.15, 0.2) is 24.3 Å². The second kappa shape index (κ2) is 5.57. The van der Waals surface area contributed by atoms with Crippen LogP contribution in [0.25, 0.3) is 6.08 Å². The standard InChI is InChI=1S/C12H12F3NO2/c1-18-11(17)4-2-3-8-5-6-10(16)9(7-8)12(13,14)15/h2-3,5-7H,4,16H2,1H3. The molecule has 98 valence electrons. The summed E-state index contributed by atoms with van der Waals surface area (Å²) in [6.45, 7) is 0. The Morgan fingerprint density at radius 1 is 1.44 bits per heavy atom. The van der Waals surface area contributed by atoms with Crippen LogP contribution in [0.4, 0.5) is 18.9 Å². The molecule has 0 aliphatic carbocycles. The van der Waals surface area contributed by atoms with Crippen LogP contribution in [0.3, 0.4) is 0 Å². The zero-order chi connectivity index (χ0) is 13.8. The third-order valence-electron chi connectivity index (χ3n) is 2.21. The SMILES string of the molecule is COC(=O)CC=Cc1ccc(N)c(C(F)(F)F)c1. The number of halogens is 3. The van der Waals surface area contributed by atoms with Gasteiger partial charge in [-0.3, -0.25) is 4.79 Å². The van der Waals surface area contributed by atoms with Crippen LogP contribution in [0.1, 0.15) is 17.5 Å². The number of ether oxygens (including phenoxy) is 1. The lowest BCUT2D eigenvalue weighted by atomic mass is 10.1.